The number of nitriles is 1. The molecule has 2 saturated carbocycles. The topological polar surface area (TPSA) is 44.0 Å². The van der Waals surface area contributed by atoms with Gasteiger partial charge in [-0.3, -0.25) is 0 Å². The zero-order chi connectivity index (χ0) is 12.3. The van der Waals surface area contributed by atoms with Crippen molar-refractivity contribution < 1.29 is 5.11 Å². The largest absolute Gasteiger partial charge is 0.396 e. The summed E-state index contributed by atoms with van der Waals surface area (Å²) in [6, 6.07) is 2.46. The quantitative estimate of drug-likeness (QED) is 0.797. The Bertz CT molecular complexity index is 283. The Balaban J connectivity index is 1.89. The van der Waals surface area contributed by atoms with Crippen LogP contribution < -0.4 is 0 Å². The van der Waals surface area contributed by atoms with Gasteiger partial charge in [0.15, 0.2) is 0 Å². The first kappa shape index (κ1) is 12.9. The van der Waals surface area contributed by atoms with Crippen molar-refractivity contribution in [3.8, 4) is 6.07 Å². The first-order chi connectivity index (χ1) is 8.24. The van der Waals surface area contributed by atoms with E-state index in [-0.39, 0.29) is 0 Å². The number of aliphatic hydroxyl groups excluding tert-OH is 1. The zero-order valence-electron chi connectivity index (χ0n) is 10.9. The van der Waals surface area contributed by atoms with Gasteiger partial charge in [0.25, 0.3) is 0 Å². The van der Waals surface area contributed by atoms with Crippen LogP contribution in [0.25, 0.3) is 0 Å². The lowest BCUT2D eigenvalue weighted by Crippen LogP contribution is -2.31. The van der Waals surface area contributed by atoms with Gasteiger partial charge in [0.2, 0.25) is 0 Å². The van der Waals surface area contributed by atoms with Crippen molar-refractivity contribution in [3.63, 3.8) is 0 Å². The molecule has 5 unspecified atom stereocenters. The standard InChI is InChI=1S/C15H25NO/c1-11-7-14(5-6-15(11)10-17)13-4-2-3-12(8-13)9-16/h11-15,17H,2-8,10H2,1H3. The second-order valence-electron chi connectivity index (χ2n) is 6.25. The molecular weight excluding hydrogens is 210 g/mol. The summed E-state index contributed by atoms with van der Waals surface area (Å²) in [6.45, 7) is 2.65. The highest BCUT2D eigenvalue weighted by Gasteiger charge is 2.34. The van der Waals surface area contributed by atoms with Crippen LogP contribution in [0.3, 0.4) is 0 Å². The molecule has 0 heterocycles. The molecule has 0 aliphatic heterocycles. The SMILES string of the molecule is CC1CC(C2CCCC(C#N)C2)CCC1CO. The Morgan fingerprint density at radius 2 is 1.88 bits per heavy atom. The van der Waals surface area contributed by atoms with Gasteiger partial charge >= 0.3 is 0 Å². The van der Waals surface area contributed by atoms with E-state index < -0.39 is 0 Å². The fourth-order valence-corrected chi connectivity index (χ4v) is 3.97. The molecular formula is C15H25NO. The van der Waals surface area contributed by atoms with E-state index in [2.05, 4.69) is 13.0 Å². The van der Waals surface area contributed by atoms with E-state index in [1.54, 1.807) is 0 Å². The van der Waals surface area contributed by atoms with Gasteiger partial charge in [0, 0.05) is 12.5 Å². The van der Waals surface area contributed by atoms with Crippen molar-refractivity contribution in [3.05, 3.63) is 0 Å². The second-order valence-corrected chi connectivity index (χ2v) is 6.25. The summed E-state index contributed by atoms with van der Waals surface area (Å²) in [6.07, 6.45) is 8.57. The van der Waals surface area contributed by atoms with Crippen molar-refractivity contribution in [1.29, 1.82) is 5.26 Å². The maximum Gasteiger partial charge on any atom is 0.0655 e. The number of rotatable bonds is 2. The maximum atomic E-state index is 9.30. The van der Waals surface area contributed by atoms with Crippen molar-refractivity contribution in [1.82, 2.24) is 0 Å². The second kappa shape index (κ2) is 5.87. The summed E-state index contributed by atoms with van der Waals surface area (Å²) in [5, 5.41) is 18.4. The molecule has 2 heteroatoms. The predicted octanol–water partition coefficient (Wildman–Crippen LogP) is 3.36. The van der Waals surface area contributed by atoms with Crippen LogP contribution in [0, 0.1) is 40.9 Å². The van der Waals surface area contributed by atoms with Crippen LogP contribution in [0.4, 0.5) is 0 Å². The third-order valence-electron chi connectivity index (χ3n) is 5.19. The maximum absolute atomic E-state index is 9.30. The van der Waals surface area contributed by atoms with Crippen LogP contribution in [0.2, 0.25) is 0 Å². The minimum absolute atomic E-state index is 0.319. The van der Waals surface area contributed by atoms with Crippen LogP contribution in [0.15, 0.2) is 0 Å². The van der Waals surface area contributed by atoms with Gasteiger partial charge in [0.05, 0.1) is 6.07 Å². The molecule has 1 N–H and O–H groups in total. The van der Waals surface area contributed by atoms with Gasteiger partial charge in [-0.15, -0.1) is 0 Å². The molecule has 0 bridgehead atoms. The van der Waals surface area contributed by atoms with Gasteiger partial charge in [-0.25, -0.2) is 0 Å². The highest BCUT2D eigenvalue weighted by Crippen LogP contribution is 2.43. The van der Waals surface area contributed by atoms with E-state index in [0.29, 0.717) is 24.4 Å². The van der Waals surface area contributed by atoms with Crippen molar-refractivity contribution in [2.45, 2.75) is 51.9 Å². The first-order valence-electron chi connectivity index (χ1n) is 7.25. The summed E-state index contributed by atoms with van der Waals surface area (Å²) in [5.41, 5.74) is 0. The first-order valence-corrected chi connectivity index (χ1v) is 7.25. The molecule has 96 valence electrons. The third-order valence-corrected chi connectivity index (χ3v) is 5.19. The third kappa shape index (κ3) is 3.01. The molecule has 2 aliphatic rings. The number of nitrogens with zero attached hydrogens (tertiary/aromatic N) is 1. The fourth-order valence-electron chi connectivity index (χ4n) is 3.97. The normalized spacial score (nSPS) is 43.0. The van der Waals surface area contributed by atoms with E-state index >= 15 is 0 Å². The summed E-state index contributed by atoms with van der Waals surface area (Å²) in [5.74, 6) is 3.13. The molecule has 0 saturated heterocycles. The van der Waals surface area contributed by atoms with Gasteiger partial charge in [0.1, 0.15) is 0 Å². The van der Waals surface area contributed by atoms with Crippen LogP contribution >= 0.6 is 0 Å². The Hall–Kier alpha value is -0.550. The Morgan fingerprint density at radius 1 is 1.12 bits per heavy atom. The van der Waals surface area contributed by atoms with Crippen molar-refractivity contribution in [2.24, 2.45) is 29.6 Å². The Labute approximate surface area is 105 Å². The average Bonchev–Trinajstić information content (AvgIpc) is 2.38. The average molecular weight is 235 g/mol. The highest BCUT2D eigenvalue weighted by atomic mass is 16.3. The molecule has 0 spiro atoms. The van der Waals surface area contributed by atoms with Gasteiger partial charge in [-0.05, 0) is 55.8 Å². The molecule has 5 atom stereocenters. The molecule has 2 aliphatic carbocycles. The molecule has 0 amide bonds. The smallest absolute Gasteiger partial charge is 0.0655 e. The summed E-state index contributed by atoms with van der Waals surface area (Å²) in [7, 11) is 0. The number of aliphatic hydroxyl groups is 1. The summed E-state index contributed by atoms with van der Waals surface area (Å²) >= 11 is 0. The summed E-state index contributed by atoms with van der Waals surface area (Å²) < 4.78 is 0. The minimum Gasteiger partial charge on any atom is -0.396 e. The van der Waals surface area contributed by atoms with E-state index in [1.165, 1.54) is 32.1 Å². The van der Waals surface area contributed by atoms with Gasteiger partial charge < -0.3 is 5.11 Å². The lowest BCUT2D eigenvalue weighted by Gasteiger charge is -2.39. The zero-order valence-corrected chi connectivity index (χ0v) is 10.9. The fraction of sp³-hybridized carbons (Fsp3) is 0.933. The van der Waals surface area contributed by atoms with E-state index in [9.17, 15) is 5.11 Å². The molecule has 17 heavy (non-hydrogen) atoms. The van der Waals surface area contributed by atoms with Gasteiger partial charge in [-0.1, -0.05) is 19.8 Å². The molecule has 0 aromatic rings. The molecule has 0 aromatic carbocycles. The van der Waals surface area contributed by atoms with E-state index in [1.807, 2.05) is 0 Å². The summed E-state index contributed by atoms with van der Waals surface area (Å²) in [4.78, 5) is 0. The molecule has 2 fully saturated rings. The van der Waals surface area contributed by atoms with Crippen LogP contribution in [-0.2, 0) is 0 Å². The van der Waals surface area contributed by atoms with Crippen LogP contribution in [0.5, 0.6) is 0 Å². The van der Waals surface area contributed by atoms with Crippen molar-refractivity contribution >= 4 is 0 Å². The minimum atomic E-state index is 0.319. The number of hydrogen-bond donors (Lipinski definition) is 1. The molecule has 0 aromatic heterocycles. The lowest BCUT2D eigenvalue weighted by atomic mass is 9.66. The van der Waals surface area contributed by atoms with Crippen LogP contribution in [0.1, 0.15) is 51.9 Å². The number of hydrogen-bond acceptors (Lipinski definition) is 2. The molecule has 2 rings (SSSR count). The monoisotopic (exact) mass is 235 g/mol. The van der Waals surface area contributed by atoms with Crippen molar-refractivity contribution in [2.75, 3.05) is 6.61 Å². The van der Waals surface area contributed by atoms with Gasteiger partial charge in [-0.2, -0.15) is 5.26 Å². The Kier molecular flexibility index (Phi) is 4.45. The van der Waals surface area contributed by atoms with Crippen LogP contribution in [-0.4, -0.2) is 11.7 Å². The molecule has 0 radical (unpaired) electrons. The predicted molar refractivity (Wildman–Crippen MR) is 68.1 cm³/mol. The Morgan fingerprint density at radius 3 is 2.53 bits per heavy atom. The molecule has 2 nitrogen and oxygen atoms in total. The van der Waals surface area contributed by atoms with E-state index in [0.717, 1.165) is 24.7 Å². The van der Waals surface area contributed by atoms with E-state index in [4.69, 9.17) is 5.26 Å². The highest BCUT2D eigenvalue weighted by molar-refractivity contribution is 4.91. The lowest BCUT2D eigenvalue weighted by molar-refractivity contribution is 0.0792.